The number of hydrogen-bond donors (Lipinski definition) is 2. The molecule has 0 spiro atoms. The molecule has 0 atom stereocenters. The van der Waals surface area contributed by atoms with Gasteiger partial charge in [-0.25, -0.2) is 9.78 Å². The Bertz CT molecular complexity index is 1250. The van der Waals surface area contributed by atoms with Crippen LogP contribution < -0.4 is 14.2 Å². The van der Waals surface area contributed by atoms with Gasteiger partial charge in [-0.2, -0.15) is 5.10 Å². The summed E-state index contributed by atoms with van der Waals surface area (Å²) < 4.78 is 15.9. The Balaban J connectivity index is 1.91. The number of hydrogen-bond acceptors (Lipinski definition) is 6. The van der Waals surface area contributed by atoms with Crippen LogP contribution in [-0.2, 0) is 0 Å². The van der Waals surface area contributed by atoms with E-state index in [9.17, 15) is 9.90 Å². The first-order valence-corrected chi connectivity index (χ1v) is 9.05. The van der Waals surface area contributed by atoms with Gasteiger partial charge in [0.25, 0.3) is 0 Å². The van der Waals surface area contributed by atoms with Gasteiger partial charge in [-0.1, -0.05) is 12.1 Å². The van der Waals surface area contributed by atoms with E-state index in [1.165, 1.54) is 13.2 Å². The summed E-state index contributed by atoms with van der Waals surface area (Å²) in [4.78, 5) is 16.7. The monoisotopic (exact) mass is 405 g/mol. The van der Waals surface area contributed by atoms with E-state index in [-0.39, 0.29) is 5.56 Å². The van der Waals surface area contributed by atoms with Gasteiger partial charge in [-0.05, 0) is 36.4 Å². The second-order valence-corrected chi connectivity index (χ2v) is 6.46. The van der Waals surface area contributed by atoms with Crippen molar-refractivity contribution in [1.82, 2.24) is 15.2 Å². The van der Waals surface area contributed by atoms with E-state index in [4.69, 9.17) is 14.2 Å². The van der Waals surface area contributed by atoms with Crippen molar-refractivity contribution >= 4 is 17.0 Å². The molecule has 0 saturated heterocycles. The Morgan fingerprint density at radius 3 is 2.43 bits per heavy atom. The molecule has 4 aromatic rings. The molecule has 2 aromatic carbocycles. The van der Waals surface area contributed by atoms with Crippen LogP contribution in [0.25, 0.3) is 33.5 Å². The molecule has 0 aliphatic rings. The smallest absolute Gasteiger partial charge is 0.336 e. The van der Waals surface area contributed by atoms with E-state index in [2.05, 4.69) is 15.2 Å². The van der Waals surface area contributed by atoms with Crippen LogP contribution in [-0.4, -0.2) is 47.6 Å². The Morgan fingerprint density at radius 1 is 0.933 bits per heavy atom. The molecule has 2 N–H and O–H groups in total. The molecule has 152 valence electrons. The van der Waals surface area contributed by atoms with Gasteiger partial charge in [0.15, 0.2) is 17.1 Å². The van der Waals surface area contributed by atoms with Gasteiger partial charge in [0.2, 0.25) is 0 Å². The quantitative estimate of drug-likeness (QED) is 0.499. The summed E-state index contributed by atoms with van der Waals surface area (Å²) in [5.41, 5.74) is 2.86. The molecule has 0 fully saturated rings. The first-order chi connectivity index (χ1) is 14.5. The van der Waals surface area contributed by atoms with Gasteiger partial charge >= 0.3 is 5.97 Å². The van der Waals surface area contributed by atoms with E-state index >= 15 is 0 Å². The van der Waals surface area contributed by atoms with Crippen LogP contribution in [0.2, 0.25) is 0 Å². The van der Waals surface area contributed by atoms with Crippen molar-refractivity contribution < 1.29 is 24.1 Å². The predicted octanol–water partition coefficient (Wildman–Crippen LogP) is 4.02. The SMILES string of the molecule is COc1cccc(-c2[nH]nc3nc(-c4ccc(OC)c(OC)c4)cc(C(=O)O)c23)c1. The molecule has 8 nitrogen and oxygen atoms in total. The summed E-state index contributed by atoms with van der Waals surface area (Å²) in [7, 11) is 4.66. The zero-order chi connectivity index (χ0) is 21.3. The summed E-state index contributed by atoms with van der Waals surface area (Å²) in [6.07, 6.45) is 0. The van der Waals surface area contributed by atoms with E-state index in [0.29, 0.717) is 45.2 Å². The minimum atomic E-state index is -1.07. The van der Waals surface area contributed by atoms with Crippen LogP contribution in [0.4, 0.5) is 0 Å². The molecule has 0 amide bonds. The fourth-order valence-corrected chi connectivity index (χ4v) is 3.32. The highest BCUT2D eigenvalue weighted by Gasteiger charge is 2.20. The maximum atomic E-state index is 12.1. The number of aromatic amines is 1. The van der Waals surface area contributed by atoms with E-state index in [1.807, 2.05) is 18.2 Å². The Morgan fingerprint density at radius 2 is 1.73 bits per heavy atom. The van der Waals surface area contributed by atoms with Crippen molar-refractivity contribution in [2.45, 2.75) is 0 Å². The first-order valence-electron chi connectivity index (χ1n) is 9.05. The Labute approximate surface area is 172 Å². The lowest BCUT2D eigenvalue weighted by atomic mass is 10.0. The third kappa shape index (κ3) is 3.28. The number of methoxy groups -OCH3 is 3. The molecule has 8 heteroatoms. The maximum Gasteiger partial charge on any atom is 0.336 e. The van der Waals surface area contributed by atoms with Crippen molar-refractivity contribution in [2.24, 2.45) is 0 Å². The first kappa shape index (κ1) is 19.3. The van der Waals surface area contributed by atoms with Gasteiger partial charge in [0, 0.05) is 11.1 Å². The number of benzene rings is 2. The molecule has 4 rings (SSSR count). The van der Waals surface area contributed by atoms with Crippen molar-refractivity contribution in [3.8, 4) is 39.8 Å². The third-order valence-corrected chi connectivity index (χ3v) is 4.79. The number of aromatic carboxylic acids is 1. The van der Waals surface area contributed by atoms with Crippen LogP contribution in [0, 0.1) is 0 Å². The molecule has 0 unspecified atom stereocenters. The molecule has 2 aromatic heterocycles. The lowest BCUT2D eigenvalue weighted by Crippen LogP contribution is -2.00. The van der Waals surface area contributed by atoms with Gasteiger partial charge in [-0.3, -0.25) is 5.10 Å². The third-order valence-electron chi connectivity index (χ3n) is 4.79. The number of carbonyl (C=O) groups is 1. The molecular weight excluding hydrogens is 386 g/mol. The number of aromatic nitrogens is 3. The largest absolute Gasteiger partial charge is 0.497 e. The Kier molecular flexibility index (Phi) is 4.97. The minimum absolute atomic E-state index is 0.0938. The molecule has 0 saturated carbocycles. The number of fused-ring (bicyclic) bond motifs is 1. The Hall–Kier alpha value is -4.07. The van der Waals surface area contributed by atoms with Crippen LogP contribution >= 0.6 is 0 Å². The average Bonchev–Trinajstić information content (AvgIpc) is 3.21. The van der Waals surface area contributed by atoms with Crippen molar-refractivity contribution in [2.75, 3.05) is 21.3 Å². The predicted molar refractivity (Wildman–Crippen MR) is 111 cm³/mol. The average molecular weight is 405 g/mol. The fourth-order valence-electron chi connectivity index (χ4n) is 3.32. The highest BCUT2D eigenvalue weighted by Crippen LogP contribution is 2.35. The molecule has 30 heavy (non-hydrogen) atoms. The number of carboxylic acids is 1. The van der Waals surface area contributed by atoms with Crippen LogP contribution in [0.3, 0.4) is 0 Å². The molecule has 0 aliphatic carbocycles. The number of pyridine rings is 1. The highest BCUT2D eigenvalue weighted by molar-refractivity contribution is 6.08. The normalized spacial score (nSPS) is 10.8. The van der Waals surface area contributed by atoms with E-state index in [0.717, 1.165) is 5.56 Å². The summed E-state index contributed by atoms with van der Waals surface area (Å²) >= 11 is 0. The molecule has 2 heterocycles. The summed E-state index contributed by atoms with van der Waals surface area (Å²) in [6, 6.07) is 14.1. The highest BCUT2D eigenvalue weighted by atomic mass is 16.5. The van der Waals surface area contributed by atoms with Crippen molar-refractivity contribution in [3.63, 3.8) is 0 Å². The summed E-state index contributed by atoms with van der Waals surface area (Å²) in [5.74, 6) is 0.672. The lowest BCUT2D eigenvalue weighted by Gasteiger charge is -2.10. The minimum Gasteiger partial charge on any atom is -0.497 e. The lowest BCUT2D eigenvalue weighted by molar-refractivity contribution is 0.0699. The standard InChI is InChI=1S/C22H19N3O5/c1-28-14-6-4-5-13(9-14)20-19-15(22(26)27)11-16(23-21(19)25-24-20)12-7-8-17(29-2)18(10-12)30-3/h4-11H,1-3H3,(H,26,27)(H,23,24,25). The van der Waals surface area contributed by atoms with Crippen molar-refractivity contribution in [1.29, 1.82) is 0 Å². The van der Waals surface area contributed by atoms with E-state index < -0.39 is 5.97 Å². The van der Waals surface area contributed by atoms with Gasteiger partial charge in [0.1, 0.15) is 5.75 Å². The number of carboxylic acid groups (broad SMARTS) is 1. The molecule has 0 aliphatic heterocycles. The second kappa shape index (κ2) is 7.75. The van der Waals surface area contributed by atoms with Crippen molar-refractivity contribution in [3.05, 3.63) is 54.1 Å². The summed E-state index contributed by atoms with van der Waals surface area (Å²) in [5, 5.41) is 17.5. The van der Waals surface area contributed by atoms with Crippen LogP contribution in [0.1, 0.15) is 10.4 Å². The molecule has 0 radical (unpaired) electrons. The number of nitrogens with one attached hydrogen (secondary N) is 1. The fraction of sp³-hybridized carbons (Fsp3) is 0.136. The molecular formula is C22H19N3O5. The number of H-pyrrole nitrogens is 1. The van der Waals surface area contributed by atoms with Crippen LogP contribution in [0.5, 0.6) is 17.2 Å². The van der Waals surface area contributed by atoms with Gasteiger partial charge in [0.05, 0.1) is 43.7 Å². The zero-order valence-corrected chi connectivity index (χ0v) is 16.6. The number of ether oxygens (including phenoxy) is 3. The molecule has 0 bridgehead atoms. The maximum absolute atomic E-state index is 12.1. The number of rotatable bonds is 6. The van der Waals surface area contributed by atoms with E-state index in [1.54, 1.807) is 38.5 Å². The second-order valence-electron chi connectivity index (χ2n) is 6.46. The number of nitrogens with zero attached hydrogens (tertiary/aromatic N) is 2. The topological polar surface area (TPSA) is 107 Å². The van der Waals surface area contributed by atoms with Gasteiger partial charge < -0.3 is 19.3 Å². The van der Waals surface area contributed by atoms with Gasteiger partial charge in [-0.15, -0.1) is 0 Å². The zero-order valence-electron chi connectivity index (χ0n) is 16.6. The summed E-state index contributed by atoms with van der Waals surface area (Å²) in [6.45, 7) is 0. The van der Waals surface area contributed by atoms with Crippen LogP contribution in [0.15, 0.2) is 48.5 Å².